The van der Waals surface area contributed by atoms with Gasteiger partial charge >= 0.3 is 0 Å². The molecule has 0 heterocycles. The first-order chi connectivity index (χ1) is 5.72. The van der Waals surface area contributed by atoms with Gasteiger partial charge in [0.1, 0.15) is 0 Å². The van der Waals surface area contributed by atoms with Gasteiger partial charge in [-0.3, -0.25) is 4.79 Å². The minimum absolute atomic E-state index is 0.223. The molecule has 4 nitrogen and oxygen atoms in total. The van der Waals surface area contributed by atoms with Crippen molar-refractivity contribution in [3.63, 3.8) is 0 Å². The summed E-state index contributed by atoms with van der Waals surface area (Å²) in [5.41, 5.74) is 0.353. The Morgan fingerprint density at radius 2 is 2.33 bits per heavy atom. The molecule has 0 aromatic carbocycles. The van der Waals surface area contributed by atoms with Crippen LogP contribution in [0.2, 0.25) is 0 Å². The topological polar surface area (TPSA) is 50.7 Å². The average molecular weight is 168 g/mol. The van der Waals surface area contributed by atoms with E-state index in [1.54, 1.807) is 7.05 Å². The van der Waals surface area contributed by atoms with Crippen LogP contribution in [0.3, 0.4) is 0 Å². The summed E-state index contributed by atoms with van der Waals surface area (Å²) in [5.74, 6) is -0.223. The van der Waals surface area contributed by atoms with Crippen molar-refractivity contribution in [1.82, 2.24) is 5.32 Å². The van der Waals surface area contributed by atoms with E-state index >= 15 is 0 Å². The van der Waals surface area contributed by atoms with Crippen molar-refractivity contribution in [2.45, 2.75) is 0 Å². The maximum Gasteiger partial charge on any atom is 0.250 e. The first kappa shape index (κ1) is 10.4. The van der Waals surface area contributed by atoms with Gasteiger partial charge in [0.25, 0.3) is 0 Å². The second-order valence-corrected chi connectivity index (χ2v) is 1.91. The minimum atomic E-state index is -0.223. The van der Waals surface area contributed by atoms with Gasteiger partial charge in [-0.2, -0.15) is 0 Å². The van der Waals surface area contributed by atoms with Crippen molar-refractivity contribution in [3.05, 3.63) is 24.4 Å². The third-order valence-electron chi connectivity index (χ3n) is 1.05. The number of methoxy groups -OCH3 is 1. The molecule has 0 aliphatic rings. The lowest BCUT2D eigenvalue weighted by Crippen LogP contribution is -2.18. The van der Waals surface area contributed by atoms with Crippen molar-refractivity contribution in [1.29, 1.82) is 0 Å². The molecule has 0 saturated heterocycles. The fourth-order valence-electron chi connectivity index (χ4n) is 0.465. The quantitative estimate of drug-likeness (QED) is 0.287. The fourth-order valence-corrected chi connectivity index (χ4v) is 0.465. The molecule has 12 heavy (non-hydrogen) atoms. The molecule has 1 amide bonds. The van der Waals surface area contributed by atoms with Gasteiger partial charge in [0.2, 0.25) is 5.91 Å². The van der Waals surface area contributed by atoms with Crippen LogP contribution in [0.25, 0.3) is 0 Å². The highest BCUT2D eigenvalue weighted by Gasteiger charge is 1.97. The summed E-state index contributed by atoms with van der Waals surface area (Å²) in [7, 11) is 3.03. The van der Waals surface area contributed by atoms with Crippen molar-refractivity contribution in [2.24, 2.45) is 4.99 Å². The number of nitrogens with one attached hydrogen (secondary N) is 1. The Hall–Kier alpha value is -1.58. The van der Waals surface area contributed by atoms with Crippen LogP contribution in [0.15, 0.2) is 29.4 Å². The lowest BCUT2D eigenvalue weighted by molar-refractivity contribution is -0.116. The van der Waals surface area contributed by atoms with Crippen LogP contribution < -0.4 is 5.32 Å². The Bertz CT molecular complexity index is 219. The summed E-state index contributed by atoms with van der Waals surface area (Å²) in [4.78, 5) is 14.5. The van der Waals surface area contributed by atoms with Crippen molar-refractivity contribution >= 4 is 12.3 Å². The predicted octanol–water partition coefficient (Wildman–Crippen LogP) is 0.477. The van der Waals surface area contributed by atoms with Gasteiger partial charge in [0, 0.05) is 18.8 Å². The molecular formula is C8H12N2O2. The number of rotatable bonds is 4. The maximum atomic E-state index is 10.8. The van der Waals surface area contributed by atoms with Gasteiger partial charge in [-0.15, -0.1) is 0 Å². The van der Waals surface area contributed by atoms with E-state index in [0.29, 0.717) is 5.57 Å². The van der Waals surface area contributed by atoms with Gasteiger partial charge in [0.15, 0.2) is 6.40 Å². The molecule has 0 fully saturated rings. The summed E-state index contributed by atoms with van der Waals surface area (Å²) in [5, 5.41) is 2.43. The molecule has 0 bridgehead atoms. The Kier molecular flexibility index (Phi) is 5.34. The number of likely N-dealkylation sites (N-methyl/N-ethyl adjacent to an activating group) is 1. The number of ether oxygens (including phenoxy) is 1. The van der Waals surface area contributed by atoms with Gasteiger partial charge in [-0.1, -0.05) is 6.58 Å². The molecule has 0 aliphatic carbocycles. The summed E-state index contributed by atoms with van der Waals surface area (Å²) in [6.07, 6.45) is 4.18. The van der Waals surface area contributed by atoms with E-state index in [9.17, 15) is 4.79 Å². The molecule has 0 atom stereocenters. The molecule has 0 aromatic rings. The number of carbonyl (C=O) groups excluding carboxylic acids is 1. The Morgan fingerprint density at radius 1 is 1.67 bits per heavy atom. The minimum Gasteiger partial charge on any atom is -0.486 e. The van der Waals surface area contributed by atoms with Crippen molar-refractivity contribution in [3.8, 4) is 0 Å². The molecule has 0 rings (SSSR count). The Balaban J connectivity index is 3.91. The third kappa shape index (κ3) is 4.27. The molecule has 4 heteroatoms. The number of carbonyl (C=O) groups is 1. The number of nitrogens with zero attached hydrogens (tertiary/aromatic N) is 1. The second kappa shape index (κ2) is 6.15. The molecule has 0 spiro atoms. The third-order valence-corrected chi connectivity index (χ3v) is 1.05. The zero-order chi connectivity index (χ0) is 9.40. The summed E-state index contributed by atoms with van der Waals surface area (Å²) >= 11 is 0. The largest absolute Gasteiger partial charge is 0.486 e. The van der Waals surface area contributed by atoms with E-state index in [2.05, 4.69) is 21.6 Å². The van der Waals surface area contributed by atoms with Gasteiger partial charge in [-0.05, 0) is 6.08 Å². The first-order valence-corrected chi connectivity index (χ1v) is 3.34. The van der Waals surface area contributed by atoms with Crippen LogP contribution in [0.4, 0.5) is 0 Å². The van der Waals surface area contributed by atoms with Crippen LogP contribution in [-0.4, -0.2) is 26.5 Å². The summed E-state index contributed by atoms with van der Waals surface area (Å²) < 4.78 is 4.54. The van der Waals surface area contributed by atoms with E-state index in [1.165, 1.54) is 25.8 Å². The second-order valence-electron chi connectivity index (χ2n) is 1.91. The Morgan fingerprint density at radius 3 is 2.83 bits per heavy atom. The summed E-state index contributed by atoms with van der Waals surface area (Å²) in [6, 6.07) is 0. The Labute approximate surface area is 71.6 Å². The number of hydrogen-bond donors (Lipinski definition) is 1. The van der Waals surface area contributed by atoms with E-state index in [0.717, 1.165) is 0 Å². The lowest BCUT2D eigenvalue weighted by atomic mass is 10.3. The highest BCUT2D eigenvalue weighted by atomic mass is 16.5. The fraction of sp³-hybridized carbons (Fsp3) is 0.250. The molecule has 0 aliphatic heterocycles. The van der Waals surface area contributed by atoms with E-state index in [4.69, 9.17) is 0 Å². The first-order valence-electron chi connectivity index (χ1n) is 3.34. The zero-order valence-corrected chi connectivity index (χ0v) is 7.20. The average Bonchev–Trinajstić information content (AvgIpc) is 2.10. The van der Waals surface area contributed by atoms with E-state index < -0.39 is 0 Å². The van der Waals surface area contributed by atoms with Crippen molar-refractivity contribution in [2.75, 3.05) is 14.2 Å². The lowest BCUT2D eigenvalue weighted by Gasteiger charge is -1.94. The van der Waals surface area contributed by atoms with Crippen LogP contribution in [-0.2, 0) is 9.53 Å². The zero-order valence-electron chi connectivity index (χ0n) is 7.20. The number of aliphatic imine (C=N–C) groups is 1. The smallest absolute Gasteiger partial charge is 0.250 e. The van der Waals surface area contributed by atoms with Crippen LogP contribution in [0, 0.1) is 0 Å². The molecule has 66 valence electrons. The molecule has 0 unspecified atom stereocenters. The highest BCUT2D eigenvalue weighted by Crippen LogP contribution is 1.91. The SMILES string of the molecule is C=C(/C=C\N=C\OC)C(=O)NC. The number of amides is 1. The molecular weight excluding hydrogens is 156 g/mol. The molecule has 0 radical (unpaired) electrons. The standard InChI is InChI=1S/C8H12N2O2/c1-7(8(11)9-2)4-5-10-6-12-3/h4-6H,1H2,2-3H3,(H,9,11)/b5-4-,10-6+. The predicted molar refractivity (Wildman–Crippen MR) is 47.8 cm³/mol. The van der Waals surface area contributed by atoms with Crippen LogP contribution in [0.5, 0.6) is 0 Å². The van der Waals surface area contributed by atoms with Crippen LogP contribution in [0.1, 0.15) is 0 Å². The van der Waals surface area contributed by atoms with Crippen molar-refractivity contribution < 1.29 is 9.53 Å². The van der Waals surface area contributed by atoms with Gasteiger partial charge in [-0.25, -0.2) is 4.99 Å². The molecule has 0 aromatic heterocycles. The van der Waals surface area contributed by atoms with E-state index in [-0.39, 0.29) is 5.91 Å². The molecule has 0 saturated carbocycles. The normalized spacial score (nSPS) is 10.5. The highest BCUT2D eigenvalue weighted by molar-refractivity contribution is 5.95. The van der Waals surface area contributed by atoms with E-state index in [1.807, 2.05) is 0 Å². The van der Waals surface area contributed by atoms with Gasteiger partial charge in [0.05, 0.1) is 7.11 Å². The monoisotopic (exact) mass is 168 g/mol. The number of hydrogen-bond acceptors (Lipinski definition) is 3. The van der Waals surface area contributed by atoms with Crippen LogP contribution >= 0.6 is 0 Å². The maximum absolute atomic E-state index is 10.8. The molecule has 1 N–H and O–H groups in total. The van der Waals surface area contributed by atoms with Gasteiger partial charge < -0.3 is 10.1 Å². The summed E-state index contributed by atoms with van der Waals surface area (Å²) in [6.45, 7) is 3.51.